The van der Waals surface area contributed by atoms with Gasteiger partial charge in [0.1, 0.15) is 0 Å². The Hall–Kier alpha value is -0.510. The molecule has 1 aromatic carbocycles. The van der Waals surface area contributed by atoms with Crippen LogP contribution in [0.25, 0.3) is 11.1 Å². The molecule has 0 fully saturated rings. The number of nitrogens with one attached hydrogen (secondary N) is 1. The fourth-order valence-electron chi connectivity index (χ4n) is 0.894. The van der Waals surface area contributed by atoms with E-state index in [0.717, 1.165) is 5.52 Å². The van der Waals surface area contributed by atoms with E-state index in [1.165, 1.54) is 0 Å². The summed E-state index contributed by atoms with van der Waals surface area (Å²) < 4.78 is 4.76. The van der Waals surface area contributed by atoms with Crippen molar-refractivity contribution < 1.29 is 4.42 Å². The molecule has 0 aliphatic carbocycles. The van der Waals surface area contributed by atoms with Crippen molar-refractivity contribution in [2.45, 2.75) is 0 Å². The molecule has 11 heavy (non-hydrogen) atoms. The van der Waals surface area contributed by atoms with E-state index >= 15 is 0 Å². The van der Waals surface area contributed by atoms with Gasteiger partial charge in [-0.1, -0.05) is 12.1 Å². The number of hydrogen-bond acceptors (Lipinski definition) is 2. The van der Waals surface area contributed by atoms with Crippen molar-refractivity contribution >= 4 is 40.7 Å². The molecule has 3 nitrogen and oxygen atoms in total. The minimum absolute atomic E-state index is 0. The number of fused-ring (bicyclic) bond motifs is 1. The van der Waals surface area contributed by atoms with Gasteiger partial charge < -0.3 is 4.42 Å². The van der Waals surface area contributed by atoms with Gasteiger partial charge in [-0.25, -0.2) is 4.79 Å². The Bertz CT molecular complexity index is 368. The van der Waals surface area contributed by atoms with Crippen LogP contribution in [0.2, 0.25) is 0 Å². The number of aromatic amines is 1. The minimum atomic E-state index is -0.402. The van der Waals surface area contributed by atoms with Gasteiger partial charge in [0.2, 0.25) is 0 Å². The molecule has 0 aliphatic heterocycles. The average Bonchev–Trinajstić information content (AvgIpc) is 2.27. The molecule has 1 aromatic heterocycles. The molecule has 0 unspecified atom stereocenters. The Balaban J connectivity index is 0.000000605. The van der Waals surface area contributed by atoms with Crippen molar-refractivity contribution in [2.24, 2.45) is 0 Å². The summed E-state index contributed by atoms with van der Waals surface area (Å²) in [5.41, 5.74) is 1.35. The van der Waals surface area contributed by atoms with Crippen molar-refractivity contribution in [1.82, 2.24) is 4.98 Å². The van der Waals surface area contributed by atoms with Gasteiger partial charge in [0.25, 0.3) is 0 Å². The number of para-hydroxylation sites is 2. The van der Waals surface area contributed by atoms with Crippen molar-refractivity contribution in [3.8, 4) is 0 Å². The third kappa shape index (κ3) is 1.56. The first-order valence-electron chi connectivity index (χ1n) is 2.94. The van der Waals surface area contributed by atoms with E-state index in [2.05, 4.69) is 4.98 Å². The molecule has 1 radical (unpaired) electrons. The van der Waals surface area contributed by atoms with E-state index in [4.69, 9.17) is 4.42 Å². The van der Waals surface area contributed by atoms with Crippen LogP contribution in [0.1, 0.15) is 0 Å². The Kier molecular flexibility index (Phi) is 2.54. The Morgan fingerprint density at radius 1 is 1.27 bits per heavy atom. The number of hydrogen-bond donors (Lipinski definition) is 1. The molecule has 1 N–H and O–H groups in total. The number of rotatable bonds is 0. The van der Waals surface area contributed by atoms with Gasteiger partial charge in [-0.2, -0.15) is 0 Å². The fourth-order valence-corrected chi connectivity index (χ4v) is 0.894. The van der Waals surface area contributed by atoms with Crippen LogP contribution in [0.15, 0.2) is 33.5 Å². The summed E-state index contributed by atoms with van der Waals surface area (Å²) >= 11 is 0. The van der Waals surface area contributed by atoms with Crippen LogP contribution in [-0.2, 0) is 0 Å². The minimum Gasteiger partial charge on any atom is -0.408 e. The summed E-state index contributed by atoms with van der Waals surface area (Å²) in [4.78, 5) is 13.1. The van der Waals surface area contributed by atoms with Crippen LogP contribution in [0, 0.1) is 0 Å². The quantitative estimate of drug-likeness (QED) is 0.575. The van der Waals surface area contributed by atoms with Gasteiger partial charge in [-0.15, -0.1) is 0 Å². The second kappa shape index (κ2) is 3.26. The number of H-pyrrole nitrogens is 1. The third-order valence-corrected chi connectivity index (χ3v) is 1.33. The second-order valence-electron chi connectivity index (χ2n) is 2.01. The van der Waals surface area contributed by atoms with E-state index in [0.29, 0.717) is 5.58 Å². The molecule has 0 aliphatic rings. The van der Waals surface area contributed by atoms with Gasteiger partial charge in [0.05, 0.1) is 5.52 Å². The van der Waals surface area contributed by atoms with Crippen molar-refractivity contribution in [3.05, 3.63) is 34.8 Å². The fraction of sp³-hybridized carbons (Fsp3) is 0. The van der Waals surface area contributed by atoms with Gasteiger partial charge in [0.15, 0.2) is 5.58 Å². The van der Waals surface area contributed by atoms with Crippen LogP contribution in [0.4, 0.5) is 0 Å². The number of benzene rings is 1. The average molecular weight is 158 g/mol. The van der Waals surface area contributed by atoms with E-state index < -0.39 is 5.76 Å². The zero-order valence-electron chi connectivity index (χ0n) is 6.13. The molecule has 4 heteroatoms. The molecule has 2 rings (SSSR count). The predicted molar refractivity (Wildman–Crippen MR) is 42.6 cm³/mol. The topological polar surface area (TPSA) is 46.0 Å². The molecule has 0 saturated heterocycles. The summed E-state index contributed by atoms with van der Waals surface area (Å²) in [7, 11) is 0. The van der Waals surface area contributed by atoms with Gasteiger partial charge in [-0.05, 0) is 12.1 Å². The third-order valence-electron chi connectivity index (χ3n) is 1.33. The van der Waals surface area contributed by atoms with Crippen LogP contribution in [0.5, 0.6) is 0 Å². The van der Waals surface area contributed by atoms with Crippen LogP contribution in [-0.4, -0.2) is 34.5 Å². The van der Waals surface area contributed by atoms with Gasteiger partial charge in [0, 0.05) is 29.6 Å². The SMILES string of the molecule is O=c1[nH]c2ccccc2o1.[Na]. The van der Waals surface area contributed by atoms with Crippen molar-refractivity contribution in [3.63, 3.8) is 0 Å². The molecule has 0 bridgehead atoms. The van der Waals surface area contributed by atoms with Crippen LogP contribution < -0.4 is 5.76 Å². The maximum Gasteiger partial charge on any atom is 0.417 e. The molecule has 0 atom stereocenters. The number of oxazole rings is 1. The summed E-state index contributed by atoms with van der Waals surface area (Å²) in [6.45, 7) is 0. The largest absolute Gasteiger partial charge is 0.417 e. The summed E-state index contributed by atoms with van der Waals surface area (Å²) in [5.74, 6) is -0.402. The maximum atomic E-state index is 10.6. The van der Waals surface area contributed by atoms with Crippen molar-refractivity contribution in [2.75, 3.05) is 0 Å². The van der Waals surface area contributed by atoms with Gasteiger partial charge in [-0.3, -0.25) is 4.98 Å². The molecular formula is C7H5NNaO2. The summed E-state index contributed by atoms with van der Waals surface area (Å²) in [6, 6.07) is 7.19. The van der Waals surface area contributed by atoms with Crippen LogP contribution >= 0.6 is 0 Å². The monoisotopic (exact) mass is 158 g/mol. The molecular weight excluding hydrogens is 153 g/mol. The summed E-state index contributed by atoms with van der Waals surface area (Å²) in [5, 5.41) is 0. The molecule has 2 aromatic rings. The molecule has 0 spiro atoms. The summed E-state index contributed by atoms with van der Waals surface area (Å²) in [6.07, 6.45) is 0. The van der Waals surface area contributed by atoms with E-state index in [-0.39, 0.29) is 29.6 Å². The Labute approximate surface area is 84.7 Å². The smallest absolute Gasteiger partial charge is 0.408 e. The number of aromatic nitrogens is 1. The zero-order chi connectivity index (χ0) is 6.97. The van der Waals surface area contributed by atoms with Crippen LogP contribution in [0.3, 0.4) is 0 Å². The zero-order valence-corrected chi connectivity index (χ0v) is 8.13. The molecule has 51 valence electrons. The van der Waals surface area contributed by atoms with Crippen molar-refractivity contribution in [1.29, 1.82) is 0 Å². The molecule has 0 saturated carbocycles. The Morgan fingerprint density at radius 3 is 2.73 bits per heavy atom. The first-order valence-corrected chi connectivity index (χ1v) is 2.94. The Morgan fingerprint density at radius 2 is 2.00 bits per heavy atom. The normalized spacial score (nSPS) is 9.45. The molecule has 0 amide bonds. The van der Waals surface area contributed by atoms with E-state index in [1.807, 2.05) is 12.1 Å². The van der Waals surface area contributed by atoms with E-state index in [1.54, 1.807) is 12.1 Å². The van der Waals surface area contributed by atoms with Gasteiger partial charge >= 0.3 is 5.76 Å². The first kappa shape index (κ1) is 8.59. The predicted octanol–water partition coefficient (Wildman–Crippen LogP) is 0.740. The maximum absolute atomic E-state index is 10.6. The molecule has 1 heterocycles. The first-order chi connectivity index (χ1) is 4.86. The van der Waals surface area contributed by atoms with E-state index in [9.17, 15) is 4.79 Å². The second-order valence-corrected chi connectivity index (χ2v) is 2.01. The standard InChI is InChI=1S/C7H5NO2.Na/c9-7-8-5-3-1-2-4-6(5)10-7;/h1-4H,(H,8,9);.